The van der Waals surface area contributed by atoms with E-state index in [1.165, 1.54) is 0 Å². The first-order valence-corrected chi connectivity index (χ1v) is 15.1. The Bertz CT molecular complexity index is 1020. The van der Waals surface area contributed by atoms with Gasteiger partial charge in [0.05, 0.1) is 11.4 Å². The van der Waals surface area contributed by atoms with Gasteiger partial charge in [-0.2, -0.15) is 0 Å². The van der Waals surface area contributed by atoms with Crippen LogP contribution < -0.4 is 0 Å². The quantitative estimate of drug-likeness (QED) is 0.265. The maximum Gasteiger partial charge on any atom is 0.133 e. The first-order valence-electron chi connectivity index (χ1n) is 15.1. The minimum absolute atomic E-state index is 0.0290. The molecule has 0 aliphatic heterocycles. The van der Waals surface area contributed by atoms with Crippen molar-refractivity contribution in [2.24, 2.45) is 0 Å². The van der Waals surface area contributed by atoms with Gasteiger partial charge in [0.15, 0.2) is 0 Å². The van der Waals surface area contributed by atoms with Crippen molar-refractivity contribution in [3.05, 3.63) is 71.3 Å². The summed E-state index contributed by atoms with van der Waals surface area (Å²) < 4.78 is 0. The van der Waals surface area contributed by atoms with Gasteiger partial charge in [-0.25, -0.2) is 19.9 Å². The van der Waals surface area contributed by atoms with Crippen molar-refractivity contribution >= 4 is 0 Å². The van der Waals surface area contributed by atoms with Crippen molar-refractivity contribution in [2.75, 3.05) is 0 Å². The van der Waals surface area contributed by atoms with Gasteiger partial charge >= 0.3 is 0 Å². The molecule has 234 valence electrons. The minimum atomic E-state index is 0.0290. The molecule has 0 bridgehead atoms. The Morgan fingerprint density at radius 3 is 0.881 bits per heavy atom. The standard InChI is InChI=1S/3C12H20N2/c1-11(2,3)9-7-13-8-10(14-9)12(4,5)6;2*1-11(2,3)9-7-8-13-10(14-9)12(4,5)6/h3*7-8H,1-6H3. The lowest BCUT2D eigenvalue weighted by molar-refractivity contribution is 0.513. The van der Waals surface area contributed by atoms with Crippen LogP contribution in [-0.2, 0) is 32.5 Å². The first-order chi connectivity index (χ1) is 18.6. The zero-order valence-corrected chi connectivity index (χ0v) is 30.1. The fourth-order valence-corrected chi connectivity index (χ4v) is 3.36. The largest absolute Gasteiger partial charge is 0.261 e. The average molecular weight is 577 g/mol. The van der Waals surface area contributed by atoms with Gasteiger partial charge in [-0.1, -0.05) is 125 Å². The highest BCUT2D eigenvalue weighted by Gasteiger charge is 2.23. The molecule has 3 rings (SSSR count). The Labute approximate surface area is 258 Å². The zero-order valence-electron chi connectivity index (χ0n) is 30.1. The molecule has 0 atom stereocenters. The summed E-state index contributed by atoms with van der Waals surface area (Å²) in [6, 6.07) is 3.99. The topological polar surface area (TPSA) is 77.3 Å². The molecular weight excluding hydrogens is 516 g/mol. The number of hydrogen-bond donors (Lipinski definition) is 0. The molecule has 0 saturated carbocycles. The molecule has 3 aromatic heterocycles. The first kappa shape index (κ1) is 37.3. The summed E-state index contributed by atoms with van der Waals surface area (Å²) in [5, 5.41) is 0. The van der Waals surface area contributed by atoms with E-state index in [0.717, 1.165) is 34.4 Å². The third kappa shape index (κ3) is 12.2. The molecule has 0 aliphatic carbocycles. The highest BCUT2D eigenvalue weighted by molar-refractivity contribution is 5.17. The summed E-state index contributed by atoms with van der Waals surface area (Å²) in [5.41, 5.74) is 4.75. The van der Waals surface area contributed by atoms with Gasteiger partial charge in [0, 0.05) is 68.7 Å². The van der Waals surface area contributed by atoms with Gasteiger partial charge in [0.1, 0.15) is 11.6 Å². The Balaban J connectivity index is 0.000000315. The van der Waals surface area contributed by atoms with Gasteiger partial charge < -0.3 is 0 Å². The molecule has 3 heterocycles. The Morgan fingerprint density at radius 1 is 0.357 bits per heavy atom. The second kappa shape index (κ2) is 13.3. The second-order valence-corrected chi connectivity index (χ2v) is 17.3. The van der Waals surface area contributed by atoms with E-state index in [9.17, 15) is 0 Å². The van der Waals surface area contributed by atoms with E-state index >= 15 is 0 Å². The summed E-state index contributed by atoms with van der Waals surface area (Å²) in [7, 11) is 0. The van der Waals surface area contributed by atoms with Crippen LogP contribution in [0.1, 0.15) is 159 Å². The lowest BCUT2D eigenvalue weighted by Gasteiger charge is -2.22. The molecule has 0 unspecified atom stereocenters. The lowest BCUT2D eigenvalue weighted by Crippen LogP contribution is -2.21. The van der Waals surface area contributed by atoms with Crippen molar-refractivity contribution in [3.63, 3.8) is 0 Å². The molecule has 0 aromatic carbocycles. The second-order valence-electron chi connectivity index (χ2n) is 17.3. The van der Waals surface area contributed by atoms with Crippen LogP contribution >= 0.6 is 0 Å². The lowest BCUT2D eigenvalue weighted by atomic mass is 9.89. The summed E-state index contributed by atoms with van der Waals surface area (Å²) in [4.78, 5) is 26.7. The van der Waals surface area contributed by atoms with Gasteiger partial charge in [0.2, 0.25) is 0 Å². The molecule has 42 heavy (non-hydrogen) atoms. The summed E-state index contributed by atoms with van der Waals surface area (Å²) in [6.07, 6.45) is 7.42. The predicted molar refractivity (Wildman–Crippen MR) is 178 cm³/mol. The van der Waals surface area contributed by atoms with E-state index in [2.05, 4.69) is 155 Å². The number of aromatic nitrogens is 6. The van der Waals surface area contributed by atoms with Crippen molar-refractivity contribution in [1.29, 1.82) is 0 Å². The monoisotopic (exact) mass is 576 g/mol. The Morgan fingerprint density at radius 2 is 0.643 bits per heavy atom. The molecule has 0 N–H and O–H groups in total. The SMILES string of the molecule is CC(C)(C)c1ccnc(C(C)(C)C)n1.CC(C)(C)c1ccnc(C(C)(C)C)n1.CC(C)(C)c1cncc(C(C)(C)C)n1. The molecule has 0 amide bonds. The van der Waals surface area contributed by atoms with E-state index in [1.807, 2.05) is 36.9 Å². The predicted octanol–water partition coefficient (Wildman–Crippen LogP) is 9.21. The molecular formula is C36H60N6. The van der Waals surface area contributed by atoms with Crippen LogP contribution in [0.15, 0.2) is 36.9 Å². The van der Waals surface area contributed by atoms with Crippen molar-refractivity contribution in [2.45, 2.75) is 157 Å². The third-order valence-corrected chi connectivity index (χ3v) is 6.36. The van der Waals surface area contributed by atoms with Gasteiger partial charge in [-0.3, -0.25) is 9.97 Å². The molecule has 0 saturated heterocycles. The molecule has 0 radical (unpaired) electrons. The molecule has 6 heteroatoms. The van der Waals surface area contributed by atoms with Gasteiger partial charge in [-0.15, -0.1) is 0 Å². The smallest absolute Gasteiger partial charge is 0.133 e. The summed E-state index contributed by atoms with van der Waals surface area (Å²) >= 11 is 0. The van der Waals surface area contributed by atoms with Crippen LogP contribution in [0.2, 0.25) is 0 Å². The van der Waals surface area contributed by atoms with Crippen LogP contribution in [0.25, 0.3) is 0 Å². The van der Waals surface area contributed by atoms with E-state index in [4.69, 9.17) is 0 Å². The third-order valence-electron chi connectivity index (χ3n) is 6.36. The van der Waals surface area contributed by atoms with Crippen LogP contribution in [0.3, 0.4) is 0 Å². The fourth-order valence-electron chi connectivity index (χ4n) is 3.36. The van der Waals surface area contributed by atoms with Gasteiger partial charge in [-0.05, 0) is 12.1 Å². The zero-order chi connectivity index (χ0) is 32.9. The van der Waals surface area contributed by atoms with E-state index in [0.29, 0.717) is 0 Å². The van der Waals surface area contributed by atoms with E-state index in [1.54, 1.807) is 0 Å². The maximum atomic E-state index is 4.65. The molecule has 0 spiro atoms. The molecule has 3 aromatic rings. The Hall–Kier alpha value is -2.76. The van der Waals surface area contributed by atoms with Crippen molar-refractivity contribution in [1.82, 2.24) is 29.9 Å². The van der Waals surface area contributed by atoms with Crippen LogP contribution in [0.4, 0.5) is 0 Å². The highest BCUT2D eigenvalue weighted by atomic mass is 14.9. The average Bonchev–Trinajstić information content (AvgIpc) is 2.82. The minimum Gasteiger partial charge on any atom is -0.261 e. The van der Waals surface area contributed by atoms with Crippen LogP contribution in [-0.4, -0.2) is 29.9 Å². The maximum absolute atomic E-state index is 4.65. The molecule has 0 fully saturated rings. The summed E-state index contributed by atoms with van der Waals surface area (Å²) in [5.74, 6) is 1.84. The molecule has 6 nitrogen and oxygen atoms in total. The number of nitrogens with zero attached hydrogens (tertiary/aromatic N) is 6. The van der Waals surface area contributed by atoms with E-state index in [-0.39, 0.29) is 32.5 Å². The number of hydrogen-bond acceptors (Lipinski definition) is 6. The van der Waals surface area contributed by atoms with Crippen molar-refractivity contribution < 1.29 is 0 Å². The van der Waals surface area contributed by atoms with Crippen LogP contribution in [0.5, 0.6) is 0 Å². The Kier molecular flexibility index (Phi) is 11.8. The fraction of sp³-hybridized carbons (Fsp3) is 0.667. The van der Waals surface area contributed by atoms with Crippen LogP contribution in [0, 0.1) is 0 Å². The molecule has 0 aliphatic rings. The summed E-state index contributed by atoms with van der Waals surface area (Å²) in [6.45, 7) is 38.7. The van der Waals surface area contributed by atoms with E-state index < -0.39 is 0 Å². The highest BCUT2D eigenvalue weighted by Crippen LogP contribution is 2.26. The number of rotatable bonds is 0. The van der Waals surface area contributed by atoms with Gasteiger partial charge in [0.25, 0.3) is 0 Å². The van der Waals surface area contributed by atoms with Crippen molar-refractivity contribution in [3.8, 4) is 0 Å². The normalized spacial score (nSPS) is 13.0.